The van der Waals surface area contributed by atoms with Gasteiger partial charge in [-0.15, -0.1) is 0 Å². The molecule has 1 heterocycles. The predicted molar refractivity (Wildman–Crippen MR) is 114 cm³/mol. The second-order valence-corrected chi connectivity index (χ2v) is 9.97. The van der Waals surface area contributed by atoms with Crippen molar-refractivity contribution in [3.63, 3.8) is 0 Å². The van der Waals surface area contributed by atoms with Gasteiger partial charge in [-0.25, -0.2) is 8.42 Å². The van der Waals surface area contributed by atoms with Gasteiger partial charge in [0.1, 0.15) is 5.75 Å². The lowest BCUT2D eigenvalue weighted by molar-refractivity contribution is 0.102. The molecule has 8 heteroatoms. The third-order valence-electron chi connectivity index (χ3n) is 5.00. The molecule has 2 aromatic rings. The van der Waals surface area contributed by atoms with Crippen molar-refractivity contribution in [2.24, 2.45) is 11.8 Å². The summed E-state index contributed by atoms with van der Waals surface area (Å²) in [7, 11) is -2.08. The largest absolute Gasteiger partial charge is 0.495 e. The lowest BCUT2D eigenvalue weighted by Gasteiger charge is -2.34. The molecule has 0 saturated carbocycles. The highest BCUT2D eigenvalue weighted by Crippen LogP contribution is 2.29. The van der Waals surface area contributed by atoms with E-state index in [0.29, 0.717) is 46.9 Å². The van der Waals surface area contributed by atoms with Gasteiger partial charge in [-0.2, -0.15) is 4.31 Å². The number of rotatable bonds is 5. The van der Waals surface area contributed by atoms with Gasteiger partial charge in [-0.3, -0.25) is 4.79 Å². The fourth-order valence-corrected chi connectivity index (χ4v) is 5.55. The van der Waals surface area contributed by atoms with E-state index in [1.54, 1.807) is 18.2 Å². The van der Waals surface area contributed by atoms with Gasteiger partial charge in [0.05, 0.1) is 17.7 Å². The lowest BCUT2D eigenvalue weighted by atomic mass is 9.94. The van der Waals surface area contributed by atoms with Gasteiger partial charge >= 0.3 is 0 Å². The van der Waals surface area contributed by atoms with Crippen molar-refractivity contribution in [1.82, 2.24) is 4.31 Å². The Morgan fingerprint density at radius 3 is 2.31 bits per heavy atom. The minimum atomic E-state index is -3.58. The maximum Gasteiger partial charge on any atom is 0.255 e. The van der Waals surface area contributed by atoms with Crippen LogP contribution >= 0.6 is 11.6 Å². The second-order valence-electron chi connectivity index (χ2n) is 7.59. The zero-order valence-corrected chi connectivity index (χ0v) is 18.3. The summed E-state index contributed by atoms with van der Waals surface area (Å²) in [6.45, 7) is 5.17. The van der Waals surface area contributed by atoms with E-state index >= 15 is 0 Å². The molecule has 2 aromatic carbocycles. The number of nitrogens with one attached hydrogen (secondary N) is 1. The number of methoxy groups -OCH3 is 1. The number of amides is 1. The molecule has 6 nitrogen and oxygen atoms in total. The quantitative estimate of drug-likeness (QED) is 0.759. The Morgan fingerprint density at radius 1 is 1.10 bits per heavy atom. The van der Waals surface area contributed by atoms with E-state index in [1.165, 1.54) is 35.7 Å². The highest BCUT2D eigenvalue weighted by Gasteiger charge is 2.31. The topological polar surface area (TPSA) is 75.7 Å². The molecular weight excluding hydrogens is 412 g/mol. The molecule has 0 spiro atoms. The maximum atomic E-state index is 13.0. The molecule has 1 fully saturated rings. The molecule has 156 valence electrons. The SMILES string of the molecule is COc1ccc(Cl)cc1NC(=O)c1ccc(S(=O)(=O)N2CC(C)CC(C)C2)cc1. The summed E-state index contributed by atoms with van der Waals surface area (Å²) < 4.78 is 32.7. The Labute approximate surface area is 176 Å². The first kappa shape index (κ1) is 21.6. The van der Waals surface area contributed by atoms with Crippen LogP contribution in [0, 0.1) is 11.8 Å². The van der Waals surface area contributed by atoms with E-state index in [9.17, 15) is 13.2 Å². The molecule has 1 aliphatic rings. The van der Waals surface area contributed by atoms with E-state index in [4.69, 9.17) is 16.3 Å². The first-order valence-electron chi connectivity index (χ1n) is 9.46. The molecule has 0 aromatic heterocycles. The molecule has 1 N–H and O–H groups in total. The molecule has 0 radical (unpaired) electrons. The highest BCUT2D eigenvalue weighted by atomic mass is 35.5. The number of piperidine rings is 1. The Morgan fingerprint density at radius 2 is 1.72 bits per heavy atom. The number of anilines is 1. The van der Waals surface area contributed by atoms with Crippen molar-refractivity contribution in [3.8, 4) is 5.75 Å². The number of halogens is 1. The number of carbonyl (C=O) groups excluding carboxylic acids is 1. The zero-order chi connectivity index (χ0) is 21.2. The van der Waals surface area contributed by atoms with Gasteiger partial charge in [-0.05, 0) is 60.7 Å². The van der Waals surface area contributed by atoms with Crippen LogP contribution in [0.3, 0.4) is 0 Å². The monoisotopic (exact) mass is 436 g/mol. The van der Waals surface area contributed by atoms with E-state index in [2.05, 4.69) is 19.2 Å². The van der Waals surface area contributed by atoms with Crippen molar-refractivity contribution in [1.29, 1.82) is 0 Å². The normalized spacial score (nSPS) is 20.3. The number of ether oxygens (including phenoxy) is 1. The van der Waals surface area contributed by atoms with Crippen molar-refractivity contribution in [3.05, 3.63) is 53.1 Å². The zero-order valence-electron chi connectivity index (χ0n) is 16.7. The van der Waals surface area contributed by atoms with Crippen molar-refractivity contribution in [2.45, 2.75) is 25.2 Å². The van der Waals surface area contributed by atoms with Crippen LogP contribution < -0.4 is 10.1 Å². The Hall–Kier alpha value is -2.09. The number of sulfonamides is 1. The summed E-state index contributed by atoms with van der Waals surface area (Å²) >= 11 is 5.99. The van der Waals surface area contributed by atoms with Crippen molar-refractivity contribution >= 4 is 33.2 Å². The molecule has 1 aliphatic heterocycles. The van der Waals surface area contributed by atoms with E-state index in [1.807, 2.05) is 0 Å². The van der Waals surface area contributed by atoms with Crippen LogP contribution in [0.25, 0.3) is 0 Å². The van der Waals surface area contributed by atoms with Gasteiger partial charge in [-0.1, -0.05) is 25.4 Å². The van der Waals surface area contributed by atoms with Gasteiger partial charge in [0.25, 0.3) is 5.91 Å². The van der Waals surface area contributed by atoms with Crippen LogP contribution in [0.1, 0.15) is 30.6 Å². The number of hydrogen-bond donors (Lipinski definition) is 1. The average Bonchev–Trinajstić information content (AvgIpc) is 2.67. The minimum Gasteiger partial charge on any atom is -0.495 e. The van der Waals surface area contributed by atoms with E-state index in [-0.39, 0.29) is 10.8 Å². The molecule has 2 unspecified atom stereocenters. The highest BCUT2D eigenvalue weighted by molar-refractivity contribution is 7.89. The molecule has 1 saturated heterocycles. The molecule has 0 bridgehead atoms. The van der Waals surface area contributed by atoms with Crippen LogP contribution in [-0.2, 0) is 10.0 Å². The summed E-state index contributed by atoms with van der Waals surface area (Å²) in [6.07, 6.45) is 1.03. The molecule has 29 heavy (non-hydrogen) atoms. The fraction of sp³-hybridized carbons (Fsp3) is 0.381. The third kappa shape index (κ3) is 4.91. The van der Waals surface area contributed by atoms with Crippen LogP contribution in [0.4, 0.5) is 5.69 Å². The summed E-state index contributed by atoms with van der Waals surface area (Å²) in [5.74, 6) is 0.752. The summed E-state index contributed by atoms with van der Waals surface area (Å²) in [6, 6.07) is 10.9. The number of benzene rings is 2. The van der Waals surface area contributed by atoms with Gasteiger partial charge < -0.3 is 10.1 Å². The molecule has 2 atom stereocenters. The van der Waals surface area contributed by atoms with Gasteiger partial charge in [0.15, 0.2) is 0 Å². The number of carbonyl (C=O) groups is 1. The van der Waals surface area contributed by atoms with Crippen LogP contribution in [0.15, 0.2) is 47.4 Å². The summed E-state index contributed by atoms with van der Waals surface area (Å²) in [5.41, 5.74) is 0.782. The minimum absolute atomic E-state index is 0.190. The number of nitrogens with zero attached hydrogens (tertiary/aromatic N) is 1. The summed E-state index contributed by atoms with van der Waals surface area (Å²) in [4.78, 5) is 12.8. The first-order valence-corrected chi connectivity index (χ1v) is 11.3. The maximum absolute atomic E-state index is 13.0. The van der Waals surface area contributed by atoms with Gasteiger partial charge in [0.2, 0.25) is 10.0 Å². The van der Waals surface area contributed by atoms with Crippen molar-refractivity contribution < 1.29 is 17.9 Å². The Balaban J connectivity index is 1.78. The molecular formula is C21H25ClN2O4S. The lowest BCUT2D eigenvalue weighted by Crippen LogP contribution is -2.42. The third-order valence-corrected chi connectivity index (χ3v) is 7.08. The number of hydrogen-bond acceptors (Lipinski definition) is 4. The second kappa shape index (κ2) is 8.73. The Kier molecular flexibility index (Phi) is 6.51. The molecule has 0 aliphatic carbocycles. The molecule has 1 amide bonds. The van der Waals surface area contributed by atoms with E-state index < -0.39 is 10.0 Å². The van der Waals surface area contributed by atoms with Crippen LogP contribution in [0.5, 0.6) is 5.75 Å². The van der Waals surface area contributed by atoms with Crippen LogP contribution in [0.2, 0.25) is 5.02 Å². The summed E-state index contributed by atoms with van der Waals surface area (Å²) in [5, 5.41) is 3.21. The smallest absolute Gasteiger partial charge is 0.255 e. The average molecular weight is 437 g/mol. The van der Waals surface area contributed by atoms with Crippen LogP contribution in [-0.4, -0.2) is 38.8 Å². The fourth-order valence-electron chi connectivity index (χ4n) is 3.70. The molecule has 3 rings (SSSR count). The van der Waals surface area contributed by atoms with E-state index in [0.717, 1.165) is 6.42 Å². The Bertz CT molecular complexity index is 982. The van der Waals surface area contributed by atoms with Crippen molar-refractivity contribution in [2.75, 3.05) is 25.5 Å². The first-order chi connectivity index (χ1) is 13.7. The van der Waals surface area contributed by atoms with Gasteiger partial charge in [0, 0.05) is 23.7 Å². The standard InChI is InChI=1S/C21H25ClN2O4S/c1-14-10-15(2)13-24(12-14)29(26,27)18-7-4-16(5-8-18)21(25)23-19-11-17(22)6-9-20(19)28-3/h4-9,11,14-15H,10,12-13H2,1-3H3,(H,23,25). The predicted octanol–water partition coefficient (Wildman–Crippen LogP) is 4.27.